The zero-order valence-electron chi connectivity index (χ0n) is 11.3. The zero-order valence-corrected chi connectivity index (χ0v) is 12.1. The molecule has 0 spiro atoms. The van der Waals surface area contributed by atoms with E-state index in [2.05, 4.69) is 45.6 Å². The van der Waals surface area contributed by atoms with Gasteiger partial charge < -0.3 is 5.32 Å². The van der Waals surface area contributed by atoms with E-state index in [0.717, 1.165) is 22.7 Å². The third-order valence-corrected chi connectivity index (χ3v) is 4.43. The number of nitrogens with zero attached hydrogens (tertiary/aromatic N) is 2. The predicted octanol–water partition coefficient (Wildman–Crippen LogP) is 4.46. The molecule has 2 aromatic carbocycles. The standard InChI is InChI=1S/C17H13N3S/c1-2-9-15-14(8-1)20-17(21-15)19-11-13-6-3-5-12-7-4-10-18-16(12)13/h1-10H,11H2,(H,19,20). The van der Waals surface area contributed by atoms with Crippen molar-refractivity contribution in [2.75, 3.05) is 5.32 Å². The van der Waals surface area contributed by atoms with Gasteiger partial charge in [-0.2, -0.15) is 0 Å². The average Bonchev–Trinajstić information content (AvgIpc) is 2.96. The third-order valence-electron chi connectivity index (χ3n) is 3.44. The lowest BCUT2D eigenvalue weighted by Crippen LogP contribution is -2.00. The molecule has 4 aromatic rings. The minimum absolute atomic E-state index is 0.730. The average molecular weight is 291 g/mol. The molecule has 21 heavy (non-hydrogen) atoms. The first kappa shape index (κ1) is 12.3. The highest BCUT2D eigenvalue weighted by atomic mass is 32.1. The quantitative estimate of drug-likeness (QED) is 0.605. The first-order valence-electron chi connectivity index (χ1n) is 6.82. The van der Waals surface area contributed by atoms with Crippen molar-refractivity contribution in [3.63, 3.8) is 0 Å². The van der Waals surface area contributed by atoms with Gasteiger partial charge in [0.15, 0.2) is 5.13 Å². The third kappa shape index (κ3) is 2.34. The summed E-state index contributed by atoms with van der Waals surface area (Å²) in [5.41, 5.74) is 3.28. The second kappa shape index (κ2) is 5.14. The van der Waals surface area contributed by atoms with Gasteiger partial charge in [-0.3, -0.25) is 4.98 Å². The minimum Gasteiger partial charge on any atom is -0.357 e. The van der Waals surface area contributed by atoms with Crippen molar-refractivity contribution < 1.29 is 0 Å². The van der Waals surface area contributed by atoms with Crippen molar-refractivity contribution in [1.82, 2.24) is 9.97 Å². The molecule has 0 aliphatic carbocycles. The lowest BCUT2D eigenvalue weighted by molar-refractivity contribution is 1.14. The maximum atomic E-state index is 4.59. The van der Waals surface area contributed by atoms with E-state index in [1.807, 2.05) is 30.5 Å². The number of fused-ring (bicyclic) bond motifs is 2. The molecule has 0 unspecified atom stereocenters. The number of anilines is 1. The Morgan fingerprint density at radius 2 is 1.86 bits per heavy atom. The summed E-state index contributed by atoms with van der Waals surface area (Å²) in [7, 11) is 0. The van der Waals surface area contributed by atoms with Gasteiger partial charge in [-0.15, -0.1) is 0 Å². The van der Waals surface area contributed by atoms with Crippen molar-refractivity contribution in [1.29, 1.82) is 0 Å². The molecular weight excluding hydrogens is 278 g/mol. The topological polar surface area (TPSA) is 37.8 Å². The number of hydrogen-bond donors (Lipinski definition) is 1. The number of thiazole rings is 1. The van der Waals surface area contributed by atoms with Gasteiger partial charge in [-0.25, -0.2) is 4.98 Å². The first-order valence-corrected chi connectivity index (χ1v) is 7.64. The van der Waals surface area contributed by atoms with Crippen molar-refractivity contribution in [3.8, 4) is 0 Å². The fourth-order valence-corrected chi connectivity index (χ4v) is 3.29. The van der Waals surface area contributed by atoms with Crippen LogP contribution in [0.15, 0.2) is 60.8 Å². The van der Waals surface area contributed by atoms with E-state index < -0.39 is 0 Å². The summed E-state index contributed by atoms with van der Waals surface area (Å²) in [6.45, 7) is 0.730. The van der Waals surface area contributed by atoms with Gasteiger partial charge in [0.2, 0.25) is 0 Å². The van der Waals surface area contributed by atoms with Crippen molar-refractivity contribution in [2.24, 2.45) is 0 Å². The van der Waals surface area contributed by atoms with Crippen molar-refractivity contribution >= 4 is 37.6 Å². The summed E-state index contributed by atoms with van der Waals surface area (Å²) in [6, 6.07) is 18.5. The molecule has 0 radical (unpaired) electrons. The van der Waals surface area contributed by atoms with E-state index in [0.29, 0.717) is 0 Å². The SMILES string of the molecule is c1cnc2c(CNc3nc4ccccc4s3)cccc2c1. The van der Waals surface area contributed by atoms with Crippen LogP contribution in [0.2, 0.25) is 0 Å². The van der Waals surface area contributed by atoms with Crippen LogP contribution in [0.5, 0.6) is 0 Å². The number of aromatic nitrogens is 2. The summed E-state index contributed by atoms with van der Waals surface area (Å²) in [6.07, 6.45) is 1.84. The fourth-order valence-electron chi connectivity index (χ4n) is 2.43. The number of hydrogen-bond acceptors (Lipinski definition) is 4. The molecule has 0 amide bonds. The second-order valence-electron chi connectivity index (χ2n) is 4.83. The van der Waals surface area contributed by atoms with Crippen LogP contribution < -0.4 is 5.32 Å². The number of nitrogens with one attached hydrogen (secondary N) is 1. The molecule has 0 aliphatic heterocycles. The van der Waals surface area contributed by atoms with Gasteiger partial charge in [0.05, 0.1) is 15.7 Å². The van der Waals surface area contributed by atoms with Crippen LogP contribution in [0.1, 0.15) is 5.56 Å². The Kier molecular flexibility index (Phi) is 3.01. The van der Waals surface area contributed by atoms with Crippen LogP contribution in [0.4, 0.5) is 5.13 Å². The summed E-state index contributed by atoms with van der Waals surface area (Å²) in [4.78, 5) is 9.07. The van der Waals surface area contributed by atoms with Crippen LogP contribution >= 0.6 is 11.3 Å². The van der Waals surface area contributed by atoms with Crippen LogP contribution in [-0.2, 0) is 6.54 Å². The van der Waals surface area contributed by atoms with E-state index in [4.69, 9.17) is 0 Å². The lowest BCUT2D eigenvalue weighted by atomic mass is 10.1. The largest absolute Gasteiger partial charge is 0.357 e. The van der Waals surface area contributed by atoms with Gasteiger partial charge in [0.25, 0.3) is 0 Å². The van der Waals surface area contributed by atoms with Crippen molar-refractivity contribution in [3.05, 3.63) is 66.4 Å². The fraction of sp³-hybridized carbons (Fsp3) is 0.0588. The summed E-state index contributed by atoms with van der Waals surface area (Å²) >= 11 is 1.68. The highest BCUT2D eigenvalue weighted by Crippen LogP contribution is 2.26. The molecule has 0 atom stereocenters. The van der Waals surface area contributed by atoms with Gasteiger partial charge in [0.1, 0.15) is 0 Å². The van der Waals surface area contributed by atoms with Gasteiger partial charge >= 0.3 is 0 Å². The highest BCUT2D eigenvalue weighted by molar-refractivity contribution is 7.22. The van der Waals surface area contributed by atoms with E-state index in [-0.39, 0.29) is 0 Å². The lowest BCUT2D eigenvalue weighted by Gasteiger charge is -2.06. The maximum absolute atomic E-state index is 4.59. The molecule has 2 aromatic heterocycles. The monoisotopic (exact) mass is 291 g/mol. The molecule has 4 heteroatoms. The van der Waals surface area contributed by atoms with E-state index in [1.54, 1.807) is 11.3 Å². The summed E-state index contributed by atoms with van der Waals surface area (Å²) in [5, 5.41) is 5.53. The number of rotatable bonds is 3. The first-order chi connectivity index (χ1) is 10.4. The van der Waals surface area contributed by atoms with Gasteiger partial charge in [-0.1, -0.05) is 47.7 Å². The summed E-state index contributed by atoms with van der Waals surface area (Å²) in [5.74, 6) is 0. The Hall–Kier alpha value is -2.46. The Morgan fingerprint density at radius 1 is 0.952 bits per heavy atom. The van der Waals surface area contributed by atoms with Gasteiger partial charge in [0, 0.05) is 18.1 Å². The highest BCUT2D eigenvalue weighted by Gasteiger charge is 2.05. The zero-order chi connectivity index (χ0) is 14.1. The molecule has 0 aliphatic rings. The number of benzene rings is 2. The number of para-hydroxylation sites is 2. The molecule has 0 fully saturated rings. The minimum atomic E-state index is 0.730. The molecule has 4 rings (SSSR count). The van der Waals surface area contributed by atoms with Crippen LogP contribution in [0.25, 0.3) is 21.1 Å². The molecule has 102 valence electrons. The molecule has 0 saturated heterocycles. The van der Waals surface area contributed by atoms with Crippen LogP contribution in [0, 0.1) is 0 Å². The molecule has 3 nitrogen and oxygen atoms in total. The number of pyridine rings is 1. The summed E-state index contributed by atoms with van der Waals surface area (Å²) < 4.78 is 1.20. The Labute approximate surface area is 126 Å². The normalized spacial score (nSPS) is 11.0. The predicted molar refractivity (Wildman–Crippen MR) is 88.7 cm³/mol. The molecule has 1 N–H and O–H groups in total. The second-order valence-corrected chi connectivity index (χ2v) is 5.86. The Morgan fingerprint density at radius 3 is 2.81 bits per heavy atom. The smallest absolute Gasteiger partial charge is 0.184 e. The van der Waals surface area contributed by atoms with Gasteiger partial charge in [-0.05, 0) is 23.8 Å². The maximum Gasteiger partial charge on any atom is 0.184 e. The van der Waals surface area contributed by atoms with E-state index >= 15 is 0 Å². The Bertz CT molecular complexity index is 876. The molecule has 0 bridgehead atoms. The molecule has 2 heterocycles. The van der Waals surface area contributed by atoms with Crippen LogP contribution in [0.3, 0.4) is 0 Å². The van der Waals surface area contributed by atoms with E-state index in [9.17, 15) is 0 Å². The molecule has 0 saturated carbocycles. The van der Waals surface area contributed by atoms with Crippen molar-refractivity contribution in [2.45, 2.75) is 6.54 Å². The molecular formula is C17H13N3S. The van der Waals surface area contributed by atoms with E-state index in [1.165, 1.54) is 15.6 Å². The van der Waals surface area contributed by atoms with Crippen LogP contribution in [-0.4, -0.2) is 9.97 Å². The Balaban J connectivity index is 1.63.